The van der Waals surface area contributed by atoms with Crippen molar-refractivity contribution in [1.29, 1.82) is 0 Å². The van der Waals surface area contributed by atoms with Crippen molar-refractivity contribution in [2.75, 3.05) is 13.1 Å². The topological polar surface area (TPSA) is 440 Å². The molecule has 322 valence electrons. The van der Waals surface area contributed by atoms with Crippen LogP contribution in [0.3, 0.4) is 0 Å². The van der Waals surface area contributed by atoms with E-state index in [2.05, 4.69) is 36.9 Å². The Bertz CT molecular complexity index is 1470. The number of carbonyl (C=O) groups excluding carboxylic acids is 6. The van der Waals surface area contributed by atoms with E-state index in [1.54, 1.807) is 0 Å². The van der Waals surface area contributed by atoms with Crippen molar-refractivity contribution in [3.05, 3.63) is 0 Å². The van der Waals surface area contributed by atoms with E-state index in [1.807, 2.05) is 0 Å². The molecule has 0 radical (unpaired) electrons. The minimum atomic E-state index is -1.93. The van der Waals surface area contributed by atoms with E-state index in [4.69, 9.17) is 28.0 Å². The number of nitrogens with zero attached hydrogens (tertiary/aromatic N) is 1. The Labute approximate surface area is 326 Å². The lowest BCUT2D eigenvalue weighted by Gasteiger charge is -2.26. The molecule has 0 rings (SSSR count). The van der Waals surface area contributed by atoms with Crippen LogP contribution in [0.1, 0.15) is 78.1 Å². The summed E-state index contributed by atoms with van der Waals surface area (Å²) in [4.78, 5) is 128. The van der Waals surface area contributed by atoms with Gasteiger partial charge in [-0.25, -0.2) is 0 Å². The van der Waals surface area contributed by atoms with Crippen LogP contribution < -0.4 is 54.8 Å². The summed E-state index contributed by atoms with van der Waals surface area (Å²) in [5.74, 6) is -12.3. The van der Waals surface area contributed by atoms with Gasteiger partial charge in [0.1, 0.15) is 36.3 Å². The van der Waals surface area contributed by atoms with Crippen LogP contribution in [0.2, 0.25) is 0 Å². The predicted octanol–water partition coefficient (Wildman–Crippen LogP) is -5.27. The molecule has 0 aromatic heterocycles. The maximum absolute atomic E-state index is 13.4. The van der Waals surface area contributed by atoms with Crippen LogP contribution in [0.4, 0.5) is 0 Å². The van der Waals surface area contributed by atoms with Gasteiger partial charge in [0, 0.05) is 19.4 Å². The molecule has 0 saturated carbocycles. The fourth-order valence-corrected chi connectivity index (χ4v) is 4.74. The molecule has 0 spiro atoms. The quantitative estimate of drug-likeness (QED) is 0.0190. The van der Waals surface area contributed by atoms with Crippen LogP contribution in [-0.2, 0) is 47.9 Å². The Morgan fingerprint density at radius 2 is 0.965 bits per heavy atom. The standard InChI is InChI=1S/C32H55N11O14/c1-15(38-28(53)19(8-10-22(44)45)41-26(51)17(34)6-3-4-12-33)25(50)40-20(9-11-23(46)47)29(54)43-21(14-24(48)49)30(55)42-18(7-5-13-37-32(35)36)27(52)39-16(2)31(56)57/h15-21H,3-14,33-34H2,1-2H3,(H,38,53)(H,39,52)(H,40,50)(H,41,51)(H,42,55)(H,43,54)(H,44,45)(H,46,47)(H,48,49)(H,56,57)(H4,35,36,37)/t15-,16-,17-,18-,19-,20-,21-/m0/s1. The first-order valence-corrected chi connectivity index (χ1v) is 17.8. The second-order valence-electron chi connectivity index (χ2n) is 12.8. The van der Waals surface area contributed by atoms with Crippen molar-refractivity contribution in [3.8, 4) is 0 Å². The van der Waals surface area contributed by atoms with Crippen molar-refractivity contribution < 1.29 is 68.4 Å². The van der Waals surface area contributed by atoms with Crippen LogP contribution in [0.15, 0.2) is 4.99 Å². The highest BCUT2D eigenvalue weighted by molar-refractivity contribution is 5.98. The number of unbranched alkanes of at least 4 members (excludes halogenated alkanes) is 1. The van der Waals surface area contributed by atoms with E-state index in [0.29, 0.717) is 19.4 Å². The number of carboxylic acids is 4. The van der Waals surface area contributed by atoms with Gasteiger partial charge in [0.05, 0.1) is 12.5 Å². The predicted molar refractivity (Wildman–Crippen MR) is 197 cm³/mol. The minimum absolute atomic E-state index is 0.0169. The second kappa shape index (κ2) is 26.7. The zero-order valence-electron chi connectivity index (χ0n) is 31.7. The van der Waals surface area contributed by atoms with Crippen molar-refractivity contribution >= 4 is 65.3 Å². The van der Waals surface area contributed by atoms with E-state index < -0.39 is 134 Å². The third-order valence-electron chi connectivity index (χ3n) is 7.94. The molecule has 25 nitrogen and oxygen atoms in total. The number of hydrogen-bond acceptors (Lipinski definition) is 13. The molecule has 0 saturated heterocycles. The molecule has 7 atom stereocenters. The Balaban J connectivity index is 6.12. The molecule has 0 aromatic carbocycles. The summed E-state index contributed by atoms with van der Waals surface area (Å²) in [6.45, 7) is 2.63. The third-order valence-corrected chi connectivity index (χ3v) is 7.94. The van der Waals surface area contributed by atoms with E-state index in [9.17, 15) is 63.3 Å². The van der Waals surface area contributed by atoms with Crippen molar-refractivity contribution in [2.45, 2.75) is 120 Å². The Morgan fingerprint density at radius 1 is 0.526 bits per heavy atom. The van der Waals surface area contributed by atoms with Crippen LogP contribution in [-0.4, -0.2) is 141 Å². The molecule has 0 heterocycles. The number of nitrogens with two attached hydrogens (primary N) is 4. The Morgan fingerprint density at radius 3 is 1.44 bits per heavy atom. The monoisotopic (exact) mass is 817 g/mol. The molecule has 0 aliphatic carbocycles. The normalized spacial score (nSPS) is 14.4. The number of carbonyl (C=O) groups is 10. The zero-order valence-corrected chi connectivity index (χ0v) is 31.7. The van der Waals surface area contributed by atoms with Gasteiger partial charge in [-0.2, -0.15) is 0 Å². The summed E-state index contributed by atoms with van der Waals surface area (Å²) in [5.41, 5.74) is 21.9. The first-order valence-electron chi connectivity index (χ1n) is 17.8. The van der Waals surface area contributed by atoms with Gasteiger partial charge in [-0.3, -0.25) is 52.9 Å². The maximum Gasteiger partial charge on any atom is 0.325 e. The molecule has 6 amide bonds. The van der Waals surface area contributed by atoms with E-state index in [0.717, 1.165) is 13.8 Å². The SMILES string of the molecule is C[C@H](NC(=O)[C@H](CCCN=C(N)N)NC(=O)[C@H](CC(=O)O)NC(=O)[C@H](CCC(=O)O)NC(=O)[C@H](C)NC(=O)[C@H](CCC(=O)O)NC(=O)[C@@H](N)CCCCN)C(=O)O. The number of rotatable bonds is 29. The largest absolute Gasteiger partial charge is 0.481 e. The van der Waals surface area contributed by atoms with Crippen LogP contribution in [0, 0.1) is 0 Å². The summed E-state index contributed by atoms with van der Waals surface area (Å²) in [6.07, 6.45) is -2.17. The average Bonchev–Trinajstić information content (AvgIpc) is 3.11. The lowest BCUT2D eigenvalue weighted by Crippen LogP contribution is -2.59. The Kier molecular flexibility index (Phi) is 23.8. The molecule has 57 heavy (non-hydrogen) atoms. The molecule has 0 aliphatic heterocycles. The van der Waals surface area contributed by atoms with Gasteiger partial charge in [-0.15, -0.1) is 0 Å². The second-order valence-corrected chi connectivity index (χ2v) is 12.8. The van der Waals surface area contributed by atoms with Crippen LogP contribution in [0.25, 0.3) is 0 Å². The number of aliphatic carboxylic acids is 4. The zero-order chi connectivity index (χ0) is 43.8. The summed E-state index contributed by atoms with van der Waals surface area (Å²) in [6, 6.07) is -10.6. The first kappa shape index (κ1) is 50.9. The van der Waals surface area contributed by atoms with E-state index >= 15 is 0 Å². The molecule has 0 fully saturated rings. The number of nitrogens with one attached hydrogen (secondary N) is 6. The van der Waals surface area contributed by atoms with Gasteiger partial charge in [0.25, 0.3) is 0 Å². The van der Waals surface area contributed by atoms with Crippen molar-refractivity contribution in [1.82, 2.24) is 31.9 Å². The fourth-order valence-electron chi connectivity index (χ4n) is 4.74. The Hall–Kier alpha value is -6.11. The van der Waals surface area contributed by atoms with Gasteiger partial charge < -0.3 is 75.3 Å². The van der Waals surface area contributed by atoms with E-state index in [1.165, 1.54) is 0 Å². The van der Waals surface area contributed by atoms with Gasteiger partial charge in [0.15, 0.2) is 5.96 Å². The highest BCUT2D eigenvalue weighted by Crippen LogP contribution is 2.07. The minimum Gasteiger partial charge on any atom is -0.481 e. The molecule has 0 aromatic rings. The van der Waals surface area contributed by atoms with Crippen LogP contribution >= 0.6 is 0 Å². The number of hydrogen-bond donors (Lipinski definition) is 14. The summed E-state index contributed by atoms with van der Waals surface area (Å²) in [5, 5.41) is 50.4. The van der Waals surface area contributed by atoms with Crippen molar-refractivity contribution in [3.63, 3.8) is 0 Å². The molecule has 0 unspecified atom stereocenters. The lowest BCUT2D eigenvalue weighted by atomic mass is 10.1. The molecule has 25 heteroatoms. The summed E-state index contributed by atoms with van der Waals surface area (Å²) in [7, 11) is 0. The number of amides is 6. The third kappa shape index (κ3) is 22.1. The maximum atomic E-state index is 13.4. The number of aliphatic imine (C=N–C) groups is 1. The number of carboxylic acid groups (broad SMARTS) is 4. The van der Waals surface area contributed by atoms with Gasteiger partial charge in [0.2, 0.25) is 35.4 Å². The van der Waals surface area contributed by atoms with Gasteiger partial charge in [-0.05, 0) is 58.9 Å². The average molecular weight is 818 g/mol. The fraction of sp³-hybridized carbons (Fsp3) is 0.656. The number of guanidine groups is 1. The molecule has 18 N–H and O–H groups in total. The molecular weight excluding hydrogens is 762 g/mol. The highest BCUT2D eigenvalue weighted by Gasteiger charge is 2.33. The highest BCUT2D eigenvalue weighted by atomic mass is 16.4. The lowest BCUT2D eigenvalue weighted by molar-refractivity contribution is -0.143. The van der Waals surface area contributed by atoms with Crippen LogP contribution in [0.5, 0.6) is 0 Å². The molecular formula is C32H55N11O14. The van der Waals surface area contributed by atoms with Gasteiger partial charge in [-0.1, -0.05) is 6.42 Å². The summed E-state index contributed by atoms with van der Waals surface area (Å²) >= 11 is 0. The first-order chi connectivity index (χ1) is 26.6. The smallest absolute Gasteiger partial charge is 0.325 e. The van der Waals surface area contributed by atoms with Crippen molar-refractivity contribution in [2.24, 2.45) is 27.9 Å². The summed E-state index contributed by atoms with van der Waals surface area (Å²) < 4.78 is 0. The molecule has 0 aliphatic rings. The van der Waals surface area contributed by atoms with Gasteiger partial charge >= 0.3 is 23.9 Å². The molecule has 0 bridgehead atoms. The van der Waals surface area contributed by atoms with E-state index in [-0.39, 0.29) is 31.8 Å².